The van der Waals surface area contributed by atoms with Crippen molar-refractivity contribution < 1.29 is 9.53 Å². The van der Waals surface area contributed by atoms with Gasteiger partial charge in [0.05, 0.1) is 31.1 Å². The Morgan fingerprint density at radius 2 is 1.97 bits per heavy atom. The van der Waals surface area contributed by atoms with Gasteiger partial charge in [0, 0.05) is 29.7 Å². The average molecular weight is 391 g/mol. The molecule has 29 heavy (non-hydrogen) atoms. The van der Waals surface area contributed by atoms with E-state index in [-0.39, 0.29) is 6.03 Å². The van der Waals surface area contributed by atoms with Crippen LogP contribution in [0.2, 0.25) is 0 Å². The van der Waals surface area contributed by atoms with Gasteiger partial charge in [-0.2, -0.15) is 5.10 Å². The number of hydrogen-bond acceptors (Lipinski definition) is 4. The Kier molecular flexibility index (Phi) is 5.74. The third-order valence-corrected chi connectivity index (χ3v) is 5.19. The molecule has 0 unspecified atom stereocenters. The van der Waals surface area contributed by atoms with Gasteiger partial charge in [0.25, 0.3) is 0 Å². The monoisotopic (exact) mass is 391 g/mol. The lowest BCUT2D eigenvalue weighted by Crippen LogP contribution is -2.28. The zero-order valence-corrected chi connectivity index (χ0v) is 16.5. The number of amides is 2. The molecule has 0 radical (unpaired) electrons. The Labute approximate surface area is 170 Å². The van der Waals surface area contributed by atoms with E-state index in [2.05, 4.69) is 26.4 Å². The summed E-state index contributed by atoms with van der Waals surface area (Å²) in [6.07, 6.45) is 8.33. The van der Waals surface area contributed by atoms with Gasteiger partial charge in [-0.05, 0) is 43.2 Å². The van der Waals surface area contributed by atoms with E-state index in [0.717, 1.165) is 29.8 Å². The molecule has 2 amide bonds. The number of nitrogens with one attached hydrogen (secondary N) is 2. The molecule has 150 valence electrons. The molecule has 1 aliphatic rings. The molecule has 0 aliphatic heterocycles. The number of anilines is 1. The molecule has 7 heteroatoms. The maximum atomic E-state index is 12.3. The zero-order valence-electron chi connectivity index (χ0n) is 16.5. The molecule has 1 aliphatic carbocycles. The van der Waals surface area contributed by atoms with Crippen LogP contribution in [0.4, 0.5) is 10.5 Å². The number of methoxy groups -OCH3 is 1. The number of benzene rings is 1. The van der Waals surface area contributed by atoms with Gasteiger partial charge in [0.15, 0.2) is 0 Å². The zero-order chi connectivity index (χ0) is 20.1. The number of carbonyl (C=O) groups excluding carboxylic acids is 1. The number of rotatable bonds is 6. The Hall–Kier alpha value is -3.35. The van der Waals surface area contributed by atoms with Crippen LogP contribution in [-0.2, 0) is 6.54 Å². The molecule has 0 saturated heterocycles. The second-order valence-electron chi connectivity index (χ2n) is 7.18. The first kappa shape index (κ1) is 19.0. The van der Waals surface area contributed by atoms with Crippen molar-refractivity contribution in [3.05, 3.63) is 60.6 Å². The molecule has 1 aromatic carbocycles. The SMILES string of the molecule is COc1cccc(NC(=O)NCc2cc(-c3ccncc3)n(C3CCCC3)n2)c1. The minimum atomic E-state index is -0.279. The molecular formula is C22H25N5O2. The van der Waals surface area contributed by atoms with Gasteiger partial charge >= 0.3 is 6.03 Å². The number of urea groups is 1. The summed E-state index contributed by atoms with van der Waals surface area (Å²) in [5.74, 6) is 0.695. The van der Waals surface area contributed by atoms with Crippen LogP contribution in [0.3, 0.4) is 0 Å². The topological polar surface area (TPSA) is 81.1 Å². The first-order valence-electron chi connectivity index (χ1n) is 9.90. The molecule has 3 aromatic rings. The maximum absolute atomic E-state index is 12.3. The number of ether oxygens (including phenoxy) is 1. The average Bonchev–Trinajstić information content (AvgIpc) is 3.43. The fourth-order valence-corrected chi connectivity index (χ4v) is 3.74. The van der Waals surface area contributed by atoms with Crippen molar-refractivity contribution in [2.24, 2.45) is 0 Å². The van der Waals surface area contributed by atoms with Crippen LogP contribution < -0.4 is 15.4 Å². The highest BCUT2D eigenvalue weighted by Crippen LogP contribution is 2.33. The van der Waals surface area contributed by atoms with Crippen LogP contribution in [0.15, 0.2) is 54.9 Å². The van der Waals surface area contributed by atoms with Crippen LogP contribution >= 0.6 is 0 Å². The summed E-state index contributed by atoms with van der Waals surface area (Å²) in [6, 6.07) is 13.4. The van der Waals surface area contributed by atoms with Crippen molar-refractivity contribution in [3.63, 3.8) is 0 Å². The summed E-state index contributed by atoms with van der Waals surface area (Å²) in [4.78, 5) is 16.4. The van der Waals surface area contributed by atoms with E-state index >= 15 is 0 Å². The number of pyridine rings is 1. The second kappa shape index (κ2) is 8.77. The molecule has 2 heterocycles. The quantitative estimate of drug-likeness (QED) is 0.653. The molecule has 0 atom stereocenters. The Balaban J connectivity index is 1.46. The van der Waals surface area contributed by atoms with Gasteiger partial charge in [-0.3, -0.25) is 9.67 Å². The Morgan fingerprint density at radius 1 is 1.17 bits per heavy atom. The van der Waals surface area contributed by atoms with Gasteiger partial charge in [0.2, 0.25) is 0 Å². The lowest BCUT2D eigenvalue weighted by atomic mass is 10.1. The van der Waals surface area contributed by atoms with Crippen molar-refractivity contribution >= 4 is 11.7 Å². The molecule has 0 spiro atoms. The number of aromatic nitrogens is 3. The number of carbonyl (C=O) groups is 1. The van der Waals surface area contributed by atoms with Crippen molar-refractivity contribution in [2.45, 2.75) is 38.3 Å². The van der Waals surface area contributed by atoms with E-state index in [0.29, 0.717) is 24.0 Å². The van der Waals surface area contributed by atoms with Crippen molar-refractivity contribution in [3.8, 4) is 17.0 Å². The van der Waals surface area contributed by atoms with E-state index < -0.39 is 0 Å². The van der Waals surface area contributed by atoms with Gasteiger partial charge in [-0.1, -0.05) is 18.9 Å². The summed E-state index contributed by atoms with van der Waals surface area (Å²) in [6.45, 7) is 0.355. The van der Waals surface area contributed by atoms with Crippen LogP contribution in [0.25, 0.3) is 11.3 Å². The molecule has 1 saturated carbocycles. The smallest absolute Gasteiger partial charge is 0.319 e. The lowest BCUT2D eigenvalue weighted by molar-refractivity contribution is 0.251. The fourth-order valence-electron chi connectivity index (χ4n) is 3.74. The number of hydrogen-bond donors (Lipinski definition) is 2. The predicted molar refractivity (Wildman–Crippen MR) is 112 cm³/mol. The molecule has 4 rings (SSSR count). The van der Waals surface area contributed by atoms with Crippen molar-refractivity contribution in [1.29, 1.82) is 0 Å². The highest BCUT2D eigenvalue weighted by molar-refractivity contribution is 5.89. The fraction of sp³-hybridized carbons (Fsp3) is 0.318. The van der Waals surface area contributed by atoms with E-state index in [1.807, 2.05) is 30.3 Å². The number of nitrogens with zero attached hydrogens (tertiary/aromatic N) is 3. The second-order valence-corrected chi connectivity index (χ2v) is 7.18. The first-order chi connectivity index (χ1) is 14.2. The molecule has 1 fully saturated rings. The Morgan fingerprint density at radius 3 is 2.72 bits per heavy atom. The van der Waals surface area contributed by atoms with E-state index in [9.17, 15) is 4.79 Å². The van der Waals surface area contributed by atoms with Gasteiger partial charge in [-0.25, -0.2) is 4.79 Å². The van der Waals surface area contributed by atoms with Crippen LogP contribution in [-0.4, -0.2) is 27.9 Å². The van der Waals surface area contributed by atoms with Gasteiger partial charge in [0.1, 0.15) is 5.75 Å². The molecular weight excluding hydrogens is 366 g/mol. The Bertz CT molecular complexity index is 964. The summed E-state index contributed by atoms with van der Waals surface area (Å²) >= 11 is 0. The minimum Gasteiger partial charge on any atom is -0.497 e. The van der Waals surface area contributed by atoms with Crippen LogP contribution in [0.5, 0.6) is 5.75 Å². The van der Waals surface area contributed by atoms with E-state index in [4.69, 9.17) is 9.84 Å². The summed E-state index contributed by atoms with van der Waals surface area (Å²) in [5.41, 5.74) is 3.68. The minimum absolute atomic E-state index is 0.279. The summed E-state index contributed by atoms with van der Waals surface area (Å²) in [7, 11) is 1.60. The highest BCUT2D eigenvalue weighted by Gasteiger charge is 2.22. The summed E-state index contributed by atoms with van der Waals surface area (Å²) in [5, 5.41) is 10.5. The standard InChI is InChI=1S/C22H25N5O2/c1-29-20-8-4-5-17(13-20)25-22(28)24-15-18-14-21(16-9-11-23-12-10-16)27(26-18)19-6-2-3-7-19/h4-5,8-14,19H,2-3,6-7,15H2,1H3,(H2,24,25,28). The lowest BCUT2D eigenvalue weighted by Gasteiger charge is -2.14. The predicted octanol–water partition coefficient (Wildman–Crippen LogP) is 4.39. The van der Waals surface area contributed by atoms with E-state index in [1.165, 1.54) is 12.8 Å². The maximum Gasteiger partial charge on any atom is 0.319 e. The van der Waals surface area contributed by atoms with Gasteiger partial charge < -0.3 is 15.4 Å². The molecule has 0 bridgehead atoms. The highest BCUT2D eigenvalue weighted by atomic mass is 16.5. The third kappa shape index (κ3) is 4.56. The molecule has 2 aromatic heterocycles. The molecule has 2 N–H and O–H groups in total. The van der Waals surface area contributed by atoms with Crippen molar-refractivity contribution in [1.82, 2.24) is 20.1 Å². The third-order valence-electron chi connectivity index (χ3n) is 5.19. The van der Waals surface area contributed by atoms with Crippen LogP contribution in [0.1, 0.15) is 37.4 Å². The normalized spacial score (nSPS) is 14.0. The van der Waals surface area contributed by atoms with Crippen LogP contribution in [0, 0.1) is 0 Å². The van der Waals surface area contributed by atoms with E-state index in [1.54, 1.807) is 25.6 Å². The molecule has 7 nitrogen and oxygen atoms in total. The van der Waals surface area contributed by atoms with Gasteiger partial charge in [-0.15, -0.1) is 0 Å². The largest absolute Gasteiger partial charge is 0.497 e. The first-order valence-corrected chi connectivity index (χ1v) is 9.90. The van der Waals surface area contributed by atoms with Crippen molar-refractivity contribution in [2.75, 3.05) is 12.4 Å². The summed E-state index contributed by atoms with van der Waals surface area (Å²) < 4.78 is 7.31.